The molecular formula is C12H17N3. The van der Waals surface area contributed by atoms with Crippen LogP contribution in [0.25, 0.3) is 0 Å². The Kier molecular flexibility index (Phi) is 2.13. The van der Waals surface area contributed by atoms with Crippen LogP contribution >= 0.6 is 0 Å². The largest absolute Gasteiger partial charge is 0.363 e. The lowest BCUT2D eigenvalue weighted by Crippen LogP contribution is -2.52. The van der Waals surface area contributed by atoms with Crippen molar-refractivity contribution in [1.82, 2.24) is 10.3 Å². The predicted octanol–water partition coefficient (Wildman–Crippen LogP) is 1.33. The van der Waals surface area contributed by atoms with Crippen molar-refractivity contribution in [1.29, 1.82) is 0 Å². The van der Waals surface area contributed by atoms with E-state index in [1.807, 2.05) is 12.4 Å². The van der Waals surface area contributed by atoms with E-state index in [4.69, 9.17) is 0 Å². The molecule has 0 saturated carbocycles. The minimum absolute atomic E-state index is 0.699. The number of anilines is 1. The maximum Gasteiger partial charge on any atom is 0.0432 e. The van der Waals surface area contributed by atoms with Crippen molar-refractivity contribution in [2.45, 2.75) is 31.8 Å². The third-order valence-electron chi connectivity index (χ3n) is 3.65. The van der Waals surface area contributed by atoms with Crippen LogP contribution < -0.4 is 10.2 Å². The van der Waals surface area contributed by atoms with Gasteiger partial charge in [0.05, 0.1) is 0 Å². The standard InChI is InChI=1S/C12H17N3/c1-9-6-13-5-4-12(9)15-10-2-3-11(15)8-14-7-10/h4-6,10-11,14H,2-3,7-8H2,1H3. The Hall–Kier alpha value is -1.09. The monoisotopic (exact) mass is 203 g/mol. The van der Waals surface area contributed by atoms with E-state index in [9.17, 15) is 0 Å². The fourth-order valence-corrected chi connectivity index (χ4v) is 2.93. The van der Waals surface area contributed by atoms with E-state index in [-0.39, 0.29) is 0 Å². The molecule has 3 rings (SSSR count). The molecule has 3 heterocycles. The highest BCUT2D eigenvalue weighted by Gasteiger charge is 2.36. The van der Waals surface area contributed by atoms with Crippen LogP contribution in [0.1, 0.15) is 18.4 Å². The summed E-state index contributed by atoms with van der Waals surface area (Å²) in [5.41, 5.74) is 2.69. The van der Waals surface area contributed by atoms with Crippen LogP contribution in [0.5, 0.6) is 0 Å². The van der Waals surface area contributed by atoms with Crippen LogP contribution in [0, 0.1) is 6.92 Å². The summed E-state index contributed by atoms with van der Waals surface area (Å²) in [6.45, 7) is 4.43. The third kappa shape index (κ3) is 1.42. The van der Waals surface area contributed by atoms with Gasteiger partial charge in [0.25, 0.3) is 0 Å². The van der Waals surface area contributed by atoms with Gasteiger partial charge in [0.15, 0.2) is 0 Å². The van der Waals surface area contributed by atoms with Gasteiger partial charge in [-0.25, -0.2) is 0 Å². The minimum Gasteiger partial charge on any atom is -0.363 e. The highest BCUT2D eigenvalue weighted by molar-refractivity contribution is 5.55. The van der Waals surface area contributed by atoms with Crippen LogP contribution in [0.3, 0.4) is 0 Å². The van der Waals surface area contributed by atoms with Crippen molar-refractivity contribution in [2.75, 3.05) is 18.0 Å². The van der Waals surface area contributed by atoms with Gasteiger partial charge < -0.3 is 10.2 Å². The van der Waals surface area contributed by atoms with Crippen molar-refractivity contribution in [3.63, 3.8) is 0 Å². The number of pyridine rings is 1. The van der Waals surface area contributed by atoms with Crippen LogP contribution in [-0.2, 0) is 0 Å². The van der Waals surface area contributed by atoms with Gasteiger partial charge in [-0.3, -0.25) is 4.98 Å². The maximum atomic E-state index is 4.17. The summed E-state index contributed by atoms with van der Waals surface area (Å²) in [4.78, 5) is 6.77. The van der Waals surface area contributed by atoms with Gasteiger partial charge in [0.1, 0.15) is 0 Å². The molecule has 1 aromatic rings. The first-order chi connectivity index (χ1) is 7.36. The zero-order chi connectivity index (χ0) is 10.3. The Labute approximate surface area is 90.5 Å². The summed E-state index contributed by atoms with van der Waals surface area (Å²) in [5.74, 6) is 0. The second-order valence-electron chi connectivity index (χ2n) is 4.61. The molecule has 0 radical (unpaired) electrons. The number of fused-ring (bicyclic) bond motifs is 2. The molecule has 1 N–H and O–H groups in total. The second-order valence-corrected chi connectivity index (χ2v) is 4.61. The number of hydrogen-bond donors (Lipinski definition) is 1. The van der Waals surface area contributed by atoms with E-state index >= 15 is 0 Å². The van der Waals surface area contributed by atoms with E-state index in [1.54, 1.807) is 0 Å². The zero-order valence-electron chi connectivity index (χ0n) is 9.11. The molecule has 2 fully saturated rings. The van der Waals surface area contributed by atoms with Gasteiger partial charge in [-0.2, -0.15) is 0 Å². The molecule has 0 aliphatic carbocycles. The van der Waals surface area contributed by atoms with Crippen molar-refractivity contribution >= 4 is 5.69 Å². The van der Waals surface area contributed by atoms with E-state index in [0.29, 0.717) is 12.1 Å². The van der Waals surface area contributed by atoms with Gasteiger partial charge >= 0.3 is 0 Å². The maximum absolute atomic E-state index is 4.17. The summed E-state index contributed by atoms with van der Waals surface area (Å²) in [5, 5.41) is 3.51. The molecule has 0 amide bonds. The lowest BCUT2D eigenvalue weighted by atomic mass is 10.1. The van der Waals surface area contributed by atoms with Crippen LogP contribution in [0.2, 0.25) is 0 Å². The van der Waals surface area contributed by atoms with E-state index < -0.39 is 0 Å². The number of aromatic nitrogens is 1. The van der Waals surface area contributed by atoms with E-state index in [1.165, 1.54) is 24.1 Å². The van der Waals surface area contributed by atoms with Crippen LogP contribution in [0.15, 0.2) is 18.5 Å². The minimum atomic E-state index is 0.699. The van der Waals surface area contributed by atoms with Gasteiger partial charge in [0.2, 0.25) is 0 Å². The lowest BCUT2D eigenvalue weighted by Gasteiger charge is -2.38. The SMILES string of the molecule is Cc1cnccc1N1C2CCC1CNC2. The highest BCUT2D eigenvalue weighted by Crippen LogP contribution is 2.33. The molecule has 15 heavy (non-hydrogen) atoms. The van der Waals surface area contributed by atoms with E-state index in [0.717, 1.165) is 13.1 Å². The molecule has 2 atom stereocenters. The van der Waals surface area contributed by atoms with Crippen molar-refractivity contribution in [3.05, 3.63) is 24.0 Å². The Morgan fingerprint density at radius 2 is 2.07 bits per heavy atom. The first-order valence-electron chi connectivity index (χ1n) is 5.76. The summed E-state index contributed by atoms with van der Waals surface area (Å²) in [6.07, 6.45) is 6.54. The lowest BCUT2D eigenvalue weighted by molar-refractivity contribution is 0.484. The molecule has 0 aromatic carbocycles. The van der Waals surface area contributed by atoms with Gasteiger partial charge in [0, 0.05) is 43.3 Å². The molecule has 2 aliphatic heterocycles. The van der Waals surface area contributed by atoms with Crippen molar-refractivity contribution in [3.8, 4) is 0 Å². The smallest absolute Gasteiger partial charge is 0.0432 e. The Morgan fingerprint density at radius 1 is 1.33 bits per heavy atom. The number of nitrogens with zero attached hydrogens (tertiary/aromatic N) is 2. The Bertz CT molecular complexity index is 348. The Morgan fingerprint density at radius 3 is 2.73 bits per heavy atom. The molecule has 1 aromatic heterocycles. The third-order valence-corrected chi connectivity index (χ3v) is 3.65. The summed E-state index contributed by atoms with van der Waals surface area (Å²) in [6, 6.07) is 3.56. The topological polar surface area (TPSA) is 28.2 Å². The highest BCUT2D eigenvalue weighted by atomic mass is 15.3. The number of piperazine rings is 1. The fourth-order valence-electron chi connectivity index (χ4n) is 2.93. The first-order valence-corrected chi connectivity index (χ1v) is 5.76. The molecule has 2 aliphatic rings. The zero-order valence-corrected chi connectivity index (χ0v) is 9.11. The quantitative estimate of drug-likeness (QED) is 0.746. The summed E-state index contributed by atoms with van der Waals surface area (Å²) < 4.78 is 0. The van der Waals surface area contributed by atoms with Crippen LogP contribution in [-0.4, -0.2) is 30.2 Å². The molecular weight excluding hydrogens is 186 g/mol. The average Bonchev–Trinajstić information content (AvgIpc) is 2.50. The second kappa shape index (κ2) is 3.49. The molecule has 2 saturated heterocycles. The van der Waals surface area contributed by atoms with E-state index in [2.05, 4.69) is 28.2 Å². The Balaban J connectivity index is 1.97. The number of hydrogen-bond acceptors (Lipinski definition) is 3. The predicted molar refractivity (Wildman–Crippen MR) is 61.1 cm³/mol. The number of nitrogens with one attached hydrogen (secondary N) is 1. The van der Waals surface area contributed by atoms with Gasteiger partial charge in [-0.15, -0.1) is 0 Å². The number of rotatable bonds is 1. The molecule has 2 bridgehead atoms. The summed E-state index contributed by atoms with van der Waals surface area (Å²) >= 11 is 0. The van der Waals surface area contributed by atoms with Gasteiger partial charge in [-0.1, -0.05) is 0 Å². The summed E-state index contributed by atoms with van der Waals surface area (Å²) in [7, 11) is 0. The fraction of sp³-hybridized carbons (Fsp3) is 0.583. The molecule has 3 heteroatoms. The van der Waals surface area contributed by atoms with Crippen molar-refractivity contribution < 1.29 is 0 Å². The first kappa shape index (κ1) is 9.16. The molecule has 80 valence electrons. The normalized spacial score (nSPS) is 29.5. The number of aryl methyl sites for hydroxylation is 1. The van der Waals surface area contributed by atoms with Crippen LogP contribution in [0.4, 0.5) is 5.69 Å². The van der Waals surface area contributed by atoms with Gasteiger partial charge in [-0.05, 0) is 31.4 Å². The van der Waals surface area contributed by atoms with Crippen molar-refractivity contribution in [2.24, 2.45) is 0 Å². The average molecular weight is 203 g/mol. The molecule has 2 unspecified atom stereocenters. The molecule has 0 spiro atoms. The molecule has 3 nitrogen and oxygen atoms in total.